The molecule has 88 valence electrons. The molecule has 0 bridgehead atoms. The summed E-state index contributed by atoms with van der Waals surface area (Å²) in [6.07, 6.45) is 4.68. The number of nitrogens with zero attached hydrogens (tertiary/aromatic N) is 3. The zero-order valence-electron chi connectivity index (χ0n) is 9.26. The molecule has 1 saturated heterocycles. The first-order chi connectivity index (χ1) is 7.83. The van der Waals surface area contributed by atoms with E-state index in [1.165, 1.54) is 30.6 Å². The van der Waals surface area contributed by atoms with E-state index in [1.807, 2.05) is 4.90 Å². The van der Waals surface area contributed by atoms with Gasteiger partial charge in [0.15, 0.2) is 0 Å². The Morgan fingerprint density at radius 3 is 3.12 bits per heavy atom. The van der Waals surface area contributed by atoms with Crippen molar-refractivity contribution in [3.63, 3.8) is 0 Å². The van der Waals surface area contributed by atoms with Crippen LogP contribution in [0, 0.1) is 0 Å². The number of thioether (sulfide) groups is 1. The smallest absolute Gasteiger partial charge is 0.239 e. The van der Waals surface area contributed by atoms with Gasteiger partial charge in [0.1, 0.15) is 5.51 Å². The second kappa shape index (κ2) is 5.63. The van der Waals surface area contributed by atoms with Crippen molar-refractivity contribution >= 4 is 34.1 Å². The molecule has 1 atom stereocenters. The number of hydrogen-bond acceptors (Lipinski definition) is 5. The Bertz CT molecular complexity index is 342. The third-order valence-corrected chi connectivity index (χ3v) is 4.50. The maximum Gasteiger partial charge on any atom is 0.239 e. The summed E-state index contributed by atoms with van der Waals surface area (Å²) in [7, 11) is 0. The summed E-state index contributed by atoms with van der Waals surface area (Å²) in [6, 6.07) is 0. The molecule has 0 aromatic carbocycles. The molecule has 1 amide bonds. The Morgan fingerprint density at radius 2 is 2.44 bits per heavy atom. The summed E-state index contributed by atoms with van der Waals surface area (Å²) in [5.41, 5.74) is 1.68. The van der Waals surface area contributed by atoms with E-state index in [0.717, 1.165) is 11.6 Å². The predicted molar refractivity (Wildman–Crippen MR) is 67.8 cm³/mol. The van der Waals surface area contributed by atoms with Crippen molar-refractivity contribution in [3.8, 4) is 0 Å². The molecule has 0 radical (unpaired) electrons. The molecule has 1 aliphatic heterocycles. The largest absolute Gasteiger partial charge is 0.273 e. The van der Waals surface area contributed by atoms with E-state index in [4.69, 9.17) is 0 Å². The van der Waals surface area contributed by atoms with Crippen molar-refractivity contribution in [3.05, 3.63) is 5.51 Å². The molecule has 1 fully saturated rings. The third-order valence-electron chi connectivity index (χ3n) is 2.57. The Kier molecular flexibility index (Phi) is 4.17. The average molecular weight is 257 g/mol. The maximum atomic E-state index is 11.8. The highest BCUT2D eigenvalue weighted by Crippen LogP contribution is 2.34. The van der Waals surface area contributed by atoms with E-state index in [-0.39, 0.29) is 11.3 Å². The van der Waals surface area contributed by atoms with Gasteiger partial charge in [-0.3, -0.25) is 9.69 Å². The molecular weight excluding hydrogens is 242 g/mol. The van der Waals surface area contributed by atoms with Crippen LogP contribution < -0.4 is 4.90 Å². The lowest BCUT2D eigenvalue weighted by Gasteiger charge is -2.20. The quantitative estimate of drug-likeness (QED) is 0.760. The first kappa shape index (κ1) is 11.9. The van der Waals surface area contributed by atoms with Crippen LogP contribution in [0.5, 0.6) is 0 Å². The lowest BCUT2D eigenvalue weighted by molar-refractivity contribution is -0.115. The summed E-state index contributed by atoms with van der Waals surface area (Å²) < 4.78 is 0. The van der Waals surface area contributed by atoms with E-state index < -0.39 is 0 Å². The molecule has 1 aliphatic rings. The number of carbonyl (C=O) groups is 1. The number of unbranched alkanes of at least 4 members (excludes halogenated alkanes) is 2. The van der Waals surface area contributed by atoms with Crippen molar-refractivity contribution in [2.45, 2.75) is 38.0 Å². The molecule has 16 heavy (non-hydrogen) atoms. The molecule has 6 heteroatoms. The monoisotopic (exact) mass is 257 g/mol. The van der Waals surface area contributed by atoms with Gasteiger partial charge in [0, 0.05) is 0 Å². The summed E-state index contributed by atoms with van der Waals surface area (Å²) in [5, 5.41) is 8.80. The summed E-state index contributed by atoms with van der Waals surface area (Å²) in [4.78, 5) is 13.6. The van der Waals surface area contributed by atoms with Gasteiger partial charge in [-0.05, 0) is 6.42 Å². The molecule has 2 rings (SSSR count). The lowest BCUT2D eigenvalue weighted by Crippen LogP contribution is -2.32. The number of carbonyl (C=O) groups excluding carboxylic acids is 1. The van der Waals surface area contributed by atoms with E-state index >= 15 is 0 Å². The second-order valence-corrected chi connectivity index (χ2v) is 5.72. The van der Waals surface area contributed by atoms with Gasteiger partial charge >= 0.3 is 0 Å². The van der Waals surface area contributed by atoms with Gasteiger partial charge in [-0.15, -0.1) is 22.0 Å². The van der Waals surface area contributed by atoms with Crippen molar-refractivity contribution in [2.24, 2.45) is 0 Å². The van der Waals surface area contributed by atoms with Crippen LogP contribution in [0.1, 0.15) is 32.6 Å². The van der Waals surface area contributed by atoms with E-state index in [0.29, 0.717) is 5.75 Å². The van der Waals surface area contributed by atoms with Gasteiger partial charge in [-0.1, -0.05) is 37.5 Å². The Balaban J connectivity index is 1.99. The Labute approximate surface area is 103 Å². The van der Waals surface area contributed by atoms with Crippen LogP contribution in [0.25, 0.3) is 0 Å². The molecule has 0 saturated carbocycles. The number of amides is 1. The fourth-order valence-corrected chi connectivity index (χ4v) is 3.62. The highest BCUT2D eigenvalue weighted by molar-refractivity contribution is 8.01. The summed E-state index contributed by atoms with van der Waals surface area (Å²) >= 11 is 3.16. The maximum absolute atomic E-state index is 11.8. The Morgan fingerprint density at radius 1 is 1.56 bits per heavy atom. The highest BCUT2D eigenvalue weighted by Gasteiger charge is 2.34. The van der Waals surface area contributed by atoms with Crippen LogP contribution in [0.15, 0.2) is 5.51 Å². The van der Waals surface area contributed by atoms with Crippen LogP contribution in [-0.4, -0.2) is 27.2 Å². The van der Waals surface area contributed by atoms with Crippen molar-refractivity contribution in [2.75, 3.05) is 10.7 Å². The molecule has 0 N–H and O–H groups in total. The topological polar surface area (TPSA) is 46.1 Å². The first-order valence-electron chi connectivity index (χ1n) is 5.52. The van der Waals surface area contributed by atoms with Gasteiger partial charge in [0.2, 0.25) is 11.0 Å². The van der Waals surface area contributed by atoms with Gasteiger partial charge in [0.05, 0.1) is 11.1 Å². The van der Waals surface area contributed by atoms with E-state index in [9.17, 15) is 4.79 Å². The van der Waals surface area contributed by atoms with Crippen LogP contribution in [0.4, 0.5) is 5.13 Å². The third kappa shape index (κ3) is 2.55. The van der Waals surface area contributed by atoms with E-state index in [1.54, 1.807) is 17.3 Å². The van der Waals surface area contributed by atoms with Crippen LogP contribution in [0.2, 0.25) is 0 Å². The first-order valence-corrected chi connectivity index (χ1v) is 7.45. The Hall–Kier alpha value is -0.620. The zero-order chi connectivity index (χ0) is 11.4. The molecule has 1 aromatic heterocycles. The standard InChI is InChI=1S/C10H15N3OS2/c1-2-3-4-5-9-13(8(14)6-15-9)10-12-11-7-16-10/h7,9H,2-6H2,1H3/t9-/m0/s1. The van der Waals surface area contributed by atoms with Crippen molar-refractivity contribution in [1.29, 1.82) is 0 Å². The number of anilines is 1. The molecule has 1 aromatic rings. The average Bonchev–Trinajstić information content (AvgIpc) is 2.88. The predicted octanol–water partition coefficient (Wildman–Crippen LogP) is 2.52. The molecular formula is C10H15N3OS2. The van der Waals surface area contributed by atoms with Crippen LogP contribution in [-0.2, 0) is 4.79 Å². The van der Waals surface area contributed by atoms with Gasteiger partial charge < -0.3 is 0 Å². The minimum absolute atomic E-state index is 0.170. The highest BCUT2D eigenvalue weighted by atomic mass is 32.2. The van der Waals surface area contributed by atoms with Crippen molar-refractivity contribution < 1.29 is 4.79 Å². The normalized spacial score (nSPS) is 20.7. The van der Waals surface area contributed by atoms with E-state index in [2.05, 4.69) is 17.1 Å². The SMILES string of the molecule is CCCCC[C@@H]1SCC(=O)N1c1nncs1. The van der Waals surface area contributed by atoms with Gasteiger partial charge in [-0.25, -0.2) is 0 Å². The summed E-state index contributed by atoms with van der Waals surface area (Å²) in [6.45, 7) is 2.19. The number of aromatic nitrogens is 2. The fraction of sp³-hybridized carbons (Fsp3) is 0.700. The molecule has 2 heterocycles. The molecule has 4 nitrogen and oxygen atoms in total. The molecule has 0 spiro atoms. The molecule has 0 aliphatic carbocycles. The number of hydrogen-bond donors (Lipinski definition) is 0. The van der Waals surface area contributed by atoms with Crippen LogP contribution >= 0.6 is 23.1 Å². The molecule has 0 unspecified atom stereocenters. The summed E-state index contributed by atoms with van der Waals surface area (Å²) in [5.74, 6) is 0.749. The van der Waals surface area contributed by atoms with Crippen molar-refractivity contribution in [1.82, 2.24) is 10.2 Å². The minimum Gasteiger partial charge on any atom is -0.273 e. The lowest BCUT2D eigenvalue weighted by atomic mass is 10.2. The minimum atomic E-state index is 0.170. The van der Waals surface area contributed by atoms with Crippen LogP contribution in [0.3, 0.4) is 0 Å². The fourth-order valence-electron chi connectivity index (χ4n) is 1.76. The zero-order valence-corrected chi connectivity index (χ0v) is 10.9. The van der Waals surface area contributed by atoms with Gasteiger partial charge in [0.25, 0.3) is 0 Å². The van der Waals surface area contributed by atoms with Gasteiger partial charge in [-0.2, -0.15) is 0 Å². The number of rotatable bonds is 5. The second-order valence-electron chi connectivity index (χ2n) is 3.75.